The molecule has 0 spiro atoms. The van der Waals surface area contributed by atoms with Gasteiger partial charge in [-0.25, -0.2) is 0 Å². The lowest BCUT2D eigenvalue weighted by Gasteiger charge is -2.36. The van der Waals surface area contributed by atoms with Crippen LogP contribution < -0.4 is 0 Å². The number of carboxylic acids is 1. The van der Waals surface area contributed by atoms with Gasteiger partial charge in [-0.1, -0.05) is 50.5 Å². The van der Waals surface area contributed by atoms with E-state index >= 15 is 0 Å². The average molecular weight is 370 g/mol. The van der Waals surface area contributed by atoms with Crippen LogP contribution in [0.3, 0.4) is 0 Å². The molecule has 150 valence electrons. The van der Waals surface area contributed by atoms with E-state index in [1.165, 1.54) is 0 Å². The van der Waals surface area contributed by atoms with Crippen molar-refractivity contribution < 1.29 is 30.0 Å². The van der Waals surface area contributed by atoms with Crippen LogP contribution >= 0.6 is 0 Å². The fraction of sp³-hybridized carbons (Fsp3) is 0.750. The van der Waals surface area contributed by atoms with Crippen LogP contribution in [-0.4, -0.2) is 51.0 Å². The number of carbonyl (C=O) groups is 1. The van der Waals surface area contributed by atoms with E-state index in [0.717, 1.165) is 19.3 Å². The van der Waals surface area contributed by atoms with Crippen LogP contribution in [0.25, 0.3) is 0 Å². The highest BCUT2D eigenvalue weighted by Crippen LogP contribution is 2.29. The van der Waals surface area contributed by atoms with E-state index in [0.29, 0.717) is 25.7 Å². The normalized spacial score (nSPS) is 28.0. The lowest BCUT2D eigenvalue weighted by Crippen LogP contribution is -2.43. The van der Waals surface area contributed by atoms with Gasteiger partial charge in [0.25, 0.3) is 0 Å². The average Bonchev–Trinajstić information content (AvgIpc) is 2.57. The number of unbranched alkanes of at least 4 members (excludes halogenated alkanes) is 3. The molecule has 0 saturated carbocycles. The predicted octanol–water partition coefficient (Wildman–Crippen LogP) is 2.77. The molecule has 0 bridgehead atoms. The fourth-order valence-corrected chi connectivity index (χ4v) is 3.10. The smallest absolute Gasteiger partial charge is 0.303 e. The molecule has 1 saturated heterocycles. The summed E-state index contributed by atoms with van der Waals surface area (Å²) in [6.07, 6.45) is 10.5. The van der Waals surface area contributed by atoms with Crippen LogP contribution in [0.2, 0.25) is 0 Å². The van der Waals surface area contributed by atoms with Crippen molar-refractivity contribution in [2.24, 2.45) is 5.92 Å². The van der Waals surface area contributed by atoms with E-state index in [1.807, 2.05) is 12.2 Å². The maximum atomic E-state index is 10.5. The molecule has 6 nitrogen and oxygen atoms in total. The van der Waals surface area contributed by atoms with E-state index in [4.69, 9.17) is 9.84 Å². The van der Waals surface area contributed by atoms with Crippen LogP contribution in [-0.2, 0) is 9.53 Å². The molecular formula is C20H34O6. The largest absolute Gasteiger partial charge is 0.481 e. The SMILES string of the molecule is CCCCC[C@H](O)/C=C/[C@H]1O[C@H](O)C[C@H](O)[C@H]1C/C=C\CCCC(=O)O. The Labute approximate surface area is 156 Å². The van der Waals surface area contributed by atoms with Crippen molar-refractivity contribution in [2.45, 2.75) is 89.3 Å². The molecule has 1 fully saturated rings. The monoisotopic (exact) mass is 370 g/mol. The van der Waals surface area contributed by atoms with Crippen LogP contribution in [0.5, 0.6) is 0 Å². The zero-order valence-electron chi connectivity index (χ0n) is 15.7. The van der Waals surface area contributed by atoms with Crippen molar-refractivity contribution in [3.05, 3.63) is 24.3 Å². The van der Waals surface area contributed by atoms with Gasteiger partial charge in [0, 0.05) is 18.8 Å². The summed E-state index contributed by atoms with van der Waals surface area (Å²) in [5.74, 6) is -1.00. The summed E-state index contributed by atoms with van der Waals surface area (Å²) >= 11 is 0. The molecule has 0 aromatic heterocycles. The molecule has 0 aliphatic carbocycles. The summed E-state index contributed by atoms with van der Waals surface area (Å²) in [6.45, 7) is 2.11. The third kappa shape index (κ3) is 9.48. The summed E-state index contributed by atoms with van der Waals surface area (Å²) in [6, 6.07) is 0. The Morgan fingerprint density at radius 2 is 2.00 bits per heavy atom. The molecule has 0 radical (unpaired) electrons. The number of hydrogen-bond acceptors (Lipinski definition) is 5. The number of rotatable bonds is 12. The first-order chi connectivity index (χ1) is 12.4. The Hall–Kier alpha value is -1.21. The van der Waals surface area contributed by atoms with Crippen molar-refractivity contribution in [2.75, 3.05) is 0 Å². The molecule has 6 heteroatoms. The number of carboxylic acid groups (broad SMARTS) is 1. The quantitative estimate of drug-likeness (QED) is 0.311. The van der Waals surface area contributed by atoms with E-state index in [2.05, 4.69) is 6.92 Å². The second kappa shape index (κ2) is 13.0. The molecule has 0 aromatic carbocycles. The second-order valence-corrected chi connectivity index (χ2v) is 6.96. The molecule has 26 heavy (non-hydrogen) atoms. The molecule has 0 aromatic rings. The first-order valence-electron chi connectivity index (χ1n) is 9.68. The highest BCUT2D eigenvalue weighted by Gasteiger charge is 2.35. The third-order valence-electron chi connectivity index (χ3n) is 4.64. The van der Waals surface area contributed by atoms with Crippen molar-refractivity contribution in [3.63, 3.8) is 0 Å². The highest BCUT2D eigenvalue weighted by atomic mass is 16.6. The van der Waals surface area contributed by atoms with Gasteiger partial charge in [0.1, 0.15) is 0 Å². The first kappa shape index (κ1) is 22.8. The number of allylic oxidation sites excluding steroid dienone is 2. The zero-order chi connectivity index (χ0) is 19.4. The minimum absolute atomic E-state index is 0.146. The zero-order valence-corrected chi connectivity index (χ0v) is 15.7. The van der Waals surface area contributed by atoms with Gasteiger partial charge in [-0.05, 0) is 25.7 Å². The molecule has 1 aliphatic rings. The van der Waals surface area contributed by atoms with Crippen molar-refractivity contribution in [1.82, 2.24) is 0 Å². The minimum Gasteiger partial charge on any atom is -0.481 e. The maximum absolute atomic E-state index is 10.5. The Balaban J connectivity index is 2.52. The van der Waals surface area contributed by atoms with E-state index in [9.17, 15) is 20.1 Å². The molecule has 1 rings (SSSR count). The Morgan fingerprint density at radius 1 is 1.23 bits per heavy atom. The minimum atomic E-state index is -1.01. The molecule has 0 unspecified atom stereocenters. The van der Waals surface area contributed by atoms with E-state index in [-0.39, 0.29) is 18.8 Å². The first-order valence-corrected chi connectivity index (χ1v) is 9.68. The lowest BCUT2D eigenvalue weighted by atomic mass is 9.87. The van der Waals surface area contributed by atoms with Gasteiger partial charge < -0.3 is 25.2 Å². The Bertz CT molecular complexity index is 448. The topological polar surface area (TPSA) is 107 Å². The summed E-state index contributed by atoms with van der Waals surface area (Å²) in [5.41, 5.74) is 0. The molecule has 1 heterocycles. The molecule has 5 atom stereocenters. The summed E-state index contributed by atoms with van der Waals surface area (Å²) in [4.78, 5) is 10.5. The number of aliphatic carboxylic acids is 1. The second-order valence-electron chi connectivity index (χ2n) is 6.96. The van der Waals surface area contributed by atoms with Crippen LogP contribution in [0.4, 0.5) is 0 Å². The van der Waals surface area contributed by atoms with E-state index < -0.39 is 30.6 Å². The van der Waals surface area contributed by atoms with Crippen molar-refractivity contribution >= 4 is 5.97 Å². The standard InChI is InChI=1S/C20H34O6/c1-2-3-6-9-15(21)12-13-18-16(17(22)14-20(25)26-18)10-7-4-5-8-11-19(23)24/h4,7,12-13,15-18,20-22,25H,2-3,5-6,8-11,14H2,1H3,(H,23,24)/b7-4-,13-12+/t15-,16+,17-,18+,20-/m0/s1. The van der Waals surface area contributed by atoms with Gasteiger partial charge >= 0.3 is 5.97 Å². The molecule has 4 N–H and O–H groups in total. The molecule has 1 aliphatic heterocycles. The van der Waals surface area contributed by atoms with Gasteiger partial charge in [0.15, 0.2) is 6.29 Å². The number of ether oxygens (including phenoxy) is 1. The van der Waals surface area contributed by atoms with E-state index in [1.54, 1.807) is 12.2 Å². The van der Waals surface area contributed by atoms with Crippen LogP contribution in [0, 0.1) is 5.92 Å². The van der Waals surface area contributed by atoms with Crippen LogP contribution in [0.15, 0.2) is 24.3 Å². The summed E-state index contributed by atoms with van der Waals surface area (Å²) in [7, 11) is 0. The summed E-state index contributed by atoms with van der Waals surface area (Å²) in [5, 5.41) is 38.7. The van der Waals surface area contributed by atoms with Gasteiger partial charge in [0.05, 0.1) is 18.3 Å². The van der Waals surface area contributed by atoms with Gasteiger partial charge in [0.2, 0.25) is 0 Å². The number of aliphatic hydroxyl groups is 3. The summed E-state index contributed by atoms with van der Waals surface area (Å²) < 4.78 is 5.54. The maximum Gasteiger partial charge on any atom is 0.303 e. The van der Waals surface area contributed by atoms with Gasteiger partial charge in [-0.3, -0.25) is 4.79 Å². The highest BCUT2D eigenvalue weighted by molar-refractivity contribution is 5.66. The third-order valence-corrected chi connectivity index (χ3v) is 4.64. The fourth-order valence-electron chi connectivity index (χ4n) is 3.10. The molecular weight excluding hydrogens is 336 g/mol. The Morgan fingerprint density at radius 3 is 2.69 bits per heavy atom. The van der Waals surface area contributed by atoms with Crippen LogP contribution in [0.1, 0.15) is 64.7 Å². The number of hydrogen-bond donors (Lipinski definition) is 4. The van der Waals surface area contributed by atoms with Crippen molar-refractivity contribution in [1.29, 1.82) is 0 Å². The van der Waals surface area contributed by atoms with Crippen molar-refractivity contribution in [3.8, 4) is 0 Å². The van der Waals surface area contributed by atoms with Gasteiger partial charge in [-0.2, -0.15) is 0 Å². The predicted molar refractivity (Wildman–Crippen MR) is 99.5 cm³/mol. The Kier molecular flexibility index (Phi) is 11.4. The van der Waals surface area contributed by atoms with Gasteiger partial charge in [-0.15, -0.1) is 0 Å². The molecule has 0 amide bonds. The number of aliphatic hydroxyl groups excluding tert-OH is 3. The lowest BCUT2D eigenvalue weighted by molar-refractivity contribution is -0.199.